The summed E-state index contributed by atoms with van der Waals surface area (Å²) in [5.41, 5.74) is 1.56. The Bertz CT molecular complexity index is 816. The number of benzene rings is 2. The van der Waals surface area contributed by atoms with Gasteiger partial charge in [-0.2, -0.15) is 0 Å². The van der Waals surface area contributed by atoms with Crippen LogP contribution in [0.2, 0.25) is 5.02 Å². The van der Waals surface area contributed by atoms with Crippen LogP contribution in [0.4, 0.5) is 11.4 Å². The number of hydrogen-bond acceptors (Lipinski definition) is 6. The molecule has 0 atom stereocenters. The number of nitro benzene ring substituents is 1. The molecule has 3 aromatic rings. The highest BCUT2D eigenvalue weighted by atomic mass is 35.5. The number of aromatic nitrogens is 4. The van der Waals surface area contributed by atoms with Crippen molar-refractivity contribution in [3.05, 3.63) is 63.7 Å². The highest BCUT2D eigenvalue weighted by molar-refractivity contribution is 6.30. The third kappa shape index (κ3) is 3.61. The molecule has 0 spiro atoms. The standard InChI is InChI=1S/C14H11ClN6O2/c15-11-3-5-12(6-4-11)16-9-20-18-14(17-19-20)10-1-7-13(8-2-10)21(22)23/h1-8,16H,9H2. The molecule has 0 saturated heterocycles. The van der Waals surface area contributed by atoms with Gasteiger partial charge in [0.2, 0.25) is 5.82 Å². The fraction of sp³-hybridized carbons (Fsp3) is 0.0714. The summed E-state index contributed by atoms with van der Waals surface area (Å²) in [5.74, 6) is 0.401. The fourth-order valence-corrected chi connectivity index (χ4v) is 2.01. The summed E-state index contributed by atoms with van der Waals surface area (Å²) in [6, 6.07) is 13.2. The van der Waals surface area contributed by atoms with E-state index in [0.717, 1.165) is 5.69 Å². The summed E-state index contributed by atoms with van der Waals surface area (Å²) in [4.78, 5) is 11.6. The van der Waals surface area contributed by atoms with Gasteiger partial charge in [-0.25, -0.2) is 0 Å². The van der Waals surface area contributed by atoms with E-state index in [1.807, 2.05) is 12.1 Å². The molecule has 0 amide bonds. The van der Waals surface area contributed by atoms with E-state index >= 15 is 0 Å². The number of nitrogens with zero attached hydrogens (tertiary/aromatic N) is 5. The number of hydrogen-bond donors (Lipinski definition) is 1. The van der Waals surface area contributed by atoms with Gasteiger partial charge < -0.3 is 5.32 Å². The second kappa shape index (κ2) is 6.41. The summed E-state index contributed by atoms with van der Waals surface area (Å²) >= 11 is 5.82. The average Bonchev–Trinajstić information content (AvgIpc) is 3.03. The van der Waals surface area contributed by atoms with Crippen LogP contribution >= 0.6 is 11.6 Å². The van der Waals surface area contributed by atoms with E-state index in [-0.39, 0.29) is 5.69 Å². The molecule has 2 aromatic carbocycles. The monoisotopic (exact) mass is 330 g/mol. The molecule has 1 heterocycles. The van der Waals surface area contributed by atoms with Crippen LogP contribution < -0.4 is 5.32 Å². The zero-order chi connectivity index (χ0) is 16.2. The van der Waals surface area contributed by atoms with E-state index in [2.05, 4.69) is 20.7 Å². The lowest BCUT2D eigenvalue weighted by Crippen LogP contribution is -2.11. The summed E-state index contributed by atoms with van der Waals surface area (Å²) in [7, 11) is 0. The van der Waals surface area contributed by atoms with E-state index < -0.39 is 4.92 Å². The Kier molecular flexibility index (Phi) is 4.15. The van der Waals surface area contributed by atoms with Crippen molar-refractivity contribution in [1.82, 2.24) is 20.2 Å². The number of halogens is 1. The molecule has 0 aliphatic rings. The molecule has 116 valence electrons. The van der Waals surface area contributed by atoms with Crippen molar-refractivity contribution in [2.45, 2.75) is 6.67 Å². The van der Waals surface area contributed by atoms with Crippen molar-refractivity contribution in [2.24, 2.45) is 0 Å². The number of tetrazole rings is 1. The van der Waals surface area contributed by atoms with Crippen molar-refractivity contribution in [3.8, 4) is 11.4 Å². The lowest BCUT2D eigenvalue weighted by Gasteiger charge is -2.04. The van der Waals surface area contributed by atoms with Crippen molar-refractivity contribution in [3.63, 3.8) is 0 Å². The number of nitro groups is 1. The molecule has 0 bridgehead atoms. The van der Waals surface area contributed by atoms with E-state index in [0.29, 0.717) is 23.1 Å². The van der Waals surface area contributed by atoms with Crippen LogP contribution in [0.25, 0.3) is 11.4 Å². The number of anilines is 1. The molecule has 1 aromatic heterocycles. The molecule has 9 heteroatoms. The molecule has 0 fully saturated rings. The van der Waals surface area contributed by atoms with Crippen LogP contribution in [0.3, 0.4) is 0 Å². The summed E-state index contributed by atoms with van der Waals surface area (Å²) in [6.07, 6.45) is 0. The van der Waals surface area contributed by atoms with E-state index in [9.17, 15) is 10.1 Å². The average molecular weight is 331 g/mol. The maximum atomic E-state index is 10.6. The normalized spacial score (nSPS) is 10.5. The van der Waals surface area contributed by atoms with Gasteiger partial charge in [0.15, 0.2) is 0 Å². The van der Waals surface area contributed by atoms with Gasteiger partial charge in [-0.3, -0.25) is 10.1 Å². The van der Waals surface area contributed by atoms with E-state index in [4.69, 9.17) is 11.6 Å². The maximum absolute atomic E-state index is 10.6. The smallest absolute Gasteiger partial charge is 0.269 e. The third-order valence-electron chi connectivity index (χ3n) is 3.06. The van der Waals surface area contributed by atoms with Crippen molar-refractivity contribution in [2.75, 3.05) is 5.32 Å². The SMILES string of the molecule is O=[N+]([O-])c1ccc(-c2nnn(CNc3ccc(Cl)cc3)n2)cc1. The molecule has 0 aliphatic carbocycles. The molecule has 1 N–H and O–H groups in total. The summed E-state index contributed by atoms with van der Waals surface area (Å²) in [5, 5.41) is 26.5. The second-order valence-corrected chi connectivity index (χ2v) is 5.07. The van der Waals surface area contributed by atoms with Crippen LogP contribution in [0.1, 0.15) is 0 Å². The lowest BCUT2D eigenvalue weighted by atomic mass is 10.2. The molecule has 0 saturated carbocycles. The third-order valence-corrected chi connectivity index (χ3v) is 3.31. The quantitative estimate of drug-likeness (QED) is 0.570. The molecular weight excluding hydrogens is 320 g/mol. The highest BCUT2D eigenvalue weighted by Crippen LogP contribution is 2.18. The van der Waals surface area contributed by atoms with Crippen LogP contribution in [0.15, 0.2) is 48.5 Å². The van der Waals surface area contributed by atoms with Gasteiger partial charge in [-0.15, -0.1) is 15.0 Å². The van der Waals surface area contributed by atoms with Gasteiger partial charge in [-0.05, 0) is 41.6 Å². The Hall–Kier alpha value is -3.00. The Morgan fingerprint density at radius 2 is 1.83 bits per heavy atom. The molecule has 0 unspecified atom stereocenters. The van der Waals surface area contributed by atoms with Gasteiger partial charge in [0.1, 0.15) is 6.67 Å². The highest BCUT2D eigenvalue weighted by Gasteiger charge is 2.09. The largest absolute Gasteiger partial charge is 0.365 e. The molecule has 0 aliphatic heterocycles. The van der Waals surface area contributed by atoms with Gasteiger partial charge in [0, 0.05) is 28.4 Å². The Balaban J connectivity index is 1.67. The van der Waals surface area contributed by atoms with Crippen LogP contribution in [0.5, 0.6) is 0 Å². The molecule has 0 radical (unpaired) electrons. The fourth-order valence-electron chi connectivity index (χ4n) is 1.89. The minimum absolute atomic E-state index is 0.0190. The minimum atomic E-state index is -0.454. The first-order valence-electron chi connectivity index (χ1n) is 6.64. The number of non-ortho nitro benzene ring substituents is 1. The van der Waals surface area contributed by atoms with E-state index in [1.165, 1.54) is 16.9 Å². The first kappa shape index (κ1) is 14.9. The van der Waals surface area contributed by atoms with Crippen LogP contribution in [-0.4, -0.2) is 25.1 Å². The predicted octanol–water partition coefficient (Wildman–Crippen LogP) is 2.97. The summed E-state index contributed by atoms with van der Waals surface area (Å²) in [6.45, 7) is 0.335. The van der Waals surface area contributed by atoms with Crippen molar-refractivity contribution >= 4 is 23.0 Å². The first-order chi connectivity index (χ1) is 11.1. The zero-order valence-electron chi connectivity index (χ0n) is 11.8. The van der Waals surface area contributed by atoms with E-state index in [1.54, 1.807) is 24.3 Å². The molecular formula is C14H11ClN6O2. The van der Waals surface area contributed by atoms with Crippen molar-refractivity contribution < 1.29 is 4.92 Å². The minimum Gasteiger partial charge on any atom is -0.365 e. The predicted molar refractivity (Wildman–Crippen MR) is 85.0 cm³/mol. The number of nitrogens with one attached hydrogen (secondary N) is 1. The maximum Gasteiger partial charge on any atom is 0.269 e. The molecule has 3 rings (SSSR count). The van der Waals surface area contributed by atoms with Gasteiger partial charge >= 0.3 is 0 Å². The Morgan fingerprint density at radius 1 is 1.13 bits per heavy atom. The van der Waals surface area contributed by atoms with Crippen LogP contribution in [0, 0.1) is 10.1 Å². The van der Waals surface area contributed by atoms with Crippen LogP contribution in [-0.2, 0) is 6.67 Å². The molecule has 8 nitrogen and oxygen atoms in total. The molecule has 23 heavy (non-hydrogen) atoms. The Morgan fingerprint density at radius 3 is 2.48 bits per heavy atom. The second-order valence-electron chi connectivity index (χ2n) is 4.63. The van der Waals surface area contributed by atoms with Gasteiger partial charge in [0.05, 0.1) is 4.92 Å². The summed E-state index contributed by atoms with van der Waals surface area (Å²) < 4.78 is 0. The van der Waals surface area contributed by atoms with Crippen molar-refractivity contribution in [1.29, 1.82) is 0 Å². The topological polar surface area (TPSA) is 98.8 Å². The zero-order valence-corrected chi connectivity index (χ0v) is 12.5. The van der Waals surface area contributed by atoms with Gasteiger partial charge in [-0.1, -0.05) is 11.6 Å². The first-order valence-corrected chi connectivity index (χ1v) is 7.02. The lowest BCUT2D eigenvalue weighted by molar-refractivity contribution is -0.384. The Labute approximate surface area is 135 Å². The number of rotatable bonds is 5. The van der Waals surface area contributed by atoms with Gasteiger partial charge in [0.25, 0.3) is 5.69 Å².